The first-order valence-corrected chi connectivity index (χ1v) is 4.90. The monoisotopic (exact) mass is 212 g/mol. The Morgan fingerprint density at radius 1 is 1.21 bits per heavy atom. The fourth-order valence-corrected chi connectivity index (χ4v) is 1.05. The lowest BCUT2D eigenvalue weighted by atomic mass is 9.93. The van der Waals surface area contributed by atoms with Crippen LogP contribution in [0.1, 0.15) is 26.3 Å². The summed E-state index contributed by atoms with van der Waals surface area (Å²) in [5, 5.41) is 0.665. The summed E-state index contributed by atoms with van der Waals surface area (Å²) in [7, 11) is 0. The van der Waals surface area contributed by atoms with Crippen LogP contribution in [0.2, 0.25) is 5.02 Å². The van der Waals surface area contributed by atoms with Crippen molar-refractivity contribution in [3.8, 4) is 0 Å². The lowest BCUT2D eigenvalue weighted by molar-refractivity contribution is 0.389. The average Bonchev–Trinajstić information content (AvgIpc) is 2.07. The molecule has 1 aromatic rings. The standard InChI is InChI=1S/C12H14ClF/c1-12(2,3)11(14)8-9-4-6-10(13)7-5-9/h4-8H,1-3H3/b11-8-. The molecule has 0 radical (unpaired) electrons. The minimum atomic E-state index is -0.431. The van der Waals surface area contributed by atoms with Crippen LogP contribution in [0.15, 0.2) is 30.1 Å². The van der Waals surface area contributed by atoms with E-state index in [1.807, 2.05) is 20.8 Å². The van der Waals surface area contributed by atoms with Crippen LogP contribution in [-0.4, -0.2) is 0 Å². The first-order valence-electron chi connectivity index (χ1n) is 4.53. The molecule has 0 aliphatic carbocycles. The molecule has 0 aromatic heterocycles. The molecule has 76 valence electrons. The average molecular weight is 213 g/mol. The van der Waals surface area contributed by atoms with E-state index in [2.05, 4.69) is 0 Å². The molecule has 2 heteroatoms. The molecule has 0 aliphatic rings. The molecule has 0 N–H and O–H groups in total. The van der Waals surface area contributed by atoms with Crippen LogP contribution in [0.25, 0.3) is 6.08 Å². The van der Waals surface area contributed by atoms with Gasteiger partial charge in [-0.15, -0.1) is 0 Å². The fraction of sp³-hybridized carbons (Fsp3) is 0.333. The van der Waals surface area contributed by atoms with E-state index >= 15 is 0 Å². The Morgan fingerprint density at radius 3 is 2.14 bits per heavy atom. The van der Waals surface area contributed by atoms with E-state index in [0.717, 1.165) is 5.56 Å². The SMILES string of the molecule is CC(C)(C)/C(F)=C/c1ccc(Cl)cc1. The van der Waals surface area contributed by atoms with Gasteiger partial charge < -0.3 is 0 Å². The summed E-state index contributed by atoms with van der Waals surface area (Å²) in [6.07, 6.45) is 1.54. The summed E-state index contributed by atoms with van der Waals surface area (Å²) in [5.41, 5.74) is 0.404. The van der Waals surface area contributed by atoms with Crippen molar-refractivity contribution in [2.75, 3.05) is 0 Å². The maximum Gasteiger partial charge on any atom is 0.106 e. The summed E-state index contributed by atoms with van der Waals surface area (Å²) in [6, 6.07) is 7.11. The second-order valence-electron chi connectivity index (χ2n) is 4.29. The Morgan fingerprint density at radius 2 is 1.71 bits per heavy atom. The van der Waals surface area contributed by atoms with Crippen molar-refractivity contribution in [2.24, 2.45) is 5.41 Å². The molecule has 0 bridgehead atoms. The van der Waals surface area contributed by atoms with Gasteiger partial charge in [-0.25, -0.2) is 4.39 Å². The zero-order valence-electron chi connectivity index (χ0n) is 8.64. The highest BCUT2D eigenvalue weighted by atomic mass is 35.5. The minimum Gasteiger partial charge on any atom is -0.211 e. The van der Waals surface area contributed by atoms with Crippen molar-refractivity contribution < 1.29 is 4.39 Å². The molecule has 0 saturated heterocycles. The number of rotatable bonds is 1. The Kier molecular flexibility index (Phi) is 3.33. The normalized spacial score (nSPS) is 13.1. The Bertz CT molecular complexity index is 330. The summed E-state index contributed by atoms with van der Waals surface area (Å²) in [6.45, 7) is 5.53. The highest BCUT2D eigenvalue weighted by Crippen LogP contribution is 2.28. The van der Waals surface area contributed by atoms with Crippen LogP contribution in [-0.2, 0) is 0 Å². The van der Waals surface area contributed by atoms with Crippen molar-refractivity contribution in [2.45, 2.75) is 20.8 Å². The van der Waals surface area contributed by atoms with Crippen molar-refractivity contribution in [3.05, 3.63) is 40.7 Å². The number of hydrogen-bond donors (Lipinski definition) is 0. The van der Waals surface area contributed by atoms with Gasteiger partial charge in [0.1, 0.15) is 5.83 Å². The van der Waals surface area contributed by atoms with Crippen LogP contribution < -0.4 is 0 Å². The van der Waals surface area contributed by atoms with E-state index in [0.29, 0.717) is 5.02 Å². The van der Waals surface area contributed by atoms with Crippen molar-refractivity contribution in [1.29, 1.82) is 0 Å². The second-order valence-corrected chi connectivity index (χ2v) is 4.73. The zero-order chi connectivity index (χ0) is 10.8. The Balaban J connectivity index is 2.93. The smallest absolute Gasteiger partial charge is 0.106 e. The van der Waals surface area contributed by atoms with Gasteiger partial charge in [-0.05, 0) is 23.8 Å². The van der Waals surface area contributed by atoms with Gasteiger partial charge >= 0.3 is 0 Å². The molecular formula is C12H14ClF. The van der Waals surface area contributed by atoms with Gasteiger partial charge in [0.2, 0.25) is 0 Å². The molecule has 14 heavy (non-hydrogen) atoms. The molecule has 1 rings (SSSR count). The van der Waals surface area contributed by atoms with Crippen LogP contribution in [0, 0.1) is 5.41 Å². The molecule has 0 atom stereocenters. The third-order valence-electron chi connectivity index (χ3n) is 1.88. The van der Waals surface area contributed by atoms with Crippen LogP contribution in [0.4, 0.5) is 4.39 Å². The molecule has 0 unspecified atom stereocenters. The molecule has 0 fully saturated rings. The van der Waals surface area contributed by atoms with Crippen LogP contribution >= 0.6 is 11.6 Å². The van der Waals surface area contributed by atoms with E-state index in [4.69, 9.17) is 11.6 Å². The maximum atomic E-state index is 13.5. The first kappa shape index (κ1) is 11.3. The van der Waals surface area contributed by atoms with Gasteiger partial charge in [-0.2, -0.15) is 0 Å². The predicted octanol–water partition coefficient (Wildman–Crippen LogP) is 4.70. The Hall–Kier alpha value is -0.820. The Labute approximate surface area is 89.4 Å². The van der Waals surface area contributed by atoms with Gasteiger partial charge in [0.05, 0.1) is 0 Å². The quantitative estimate of drug-likeness (QED) is 0.633. The molecule has 0 heterocycles. The largest absolute Gasteiger partial charge is 0.211 e. The van der Waals surface area contributed by atoms with Crippen LogP contribution in [0.3, 0.4) is 0 Å². The van der Waals surface area contributed by atoms with Gasteiger partial charge in [0.25, 0.3) is 0 Å². The number of benzene rings is 1. The minimum absolute atomic E-state index is 0.125. The molecule has 0 aliphatic heterocycles. The lowest BCUT2D eigenvalue weighted by Crippen LogP contribution is -2.04. The lowest BCUT2D eigenvalue weighted by Gasteiger charge is -2.15. The van der Waals surface area contributed by atoms with Gasteiger partial charge in [-0.3, -0.25) is 0 Å². The first-order chi connectivity index (χ1) is 6.39. The highest BCUT2D eigenvalue weighted by molar-refractivity contribution is 6.30. The number of allylic oxidation sites excluding steroid dienone is 1. The predicted molar refractivity (Wildman–Crippen MR) is 60.0 cm³/mol. The second kappa shape index (κ2) is 4.14. The van der Waals surface area contributed by atoms with Gasteiger partial charge in [0, 0.05) is 10.4 Å². The number of hydrogen-bond acceptors (Lipinski definition) is 0. The van der Waals surface area contributed by atoms with Crippen molar-refractivity contribution >= 4 is 17.7 Å². The van der Waals surface area contributed by atoms with E-state index in [1.54, 1.807) is 24.3 Å². The molecular weight excluding hydrogens is 199 g/mol. The van der Waals surface area contributed by atoms with Gasteiger partial charge in [-0.1, -0.05) is 44.5 Å². The molecule has 1 aromatic carbocycles. The third kappa shape index (κ3) is 3.15. The van der Waals surface area contributed by atoms with Crippen molar-refractivity contribution in [1.82, 2.24) is 0 Å². The van der Waals surface area contributed by atoms with E-state index < -0.39 is 5.41 Å². The van der Waals surface area contributed by atoms with E-state index in [1.165, 1.54) is 6.08 Å². The van der Waals surface area contributed by atoms with Crippen LogP contribution in [0.5, 0.6) is 0 Å². The maximum absolute atomic E-state index is 13.5. The third-order valence-corrected chi connectivity index (χ3v) is 2.13. The summed E-state index contributed by atoms with van der Waals surface area (Å²) >= 11 is 5.72. The molecule has 0 saturated carbocycles. The fourth-order valence-electron chi connectivity index (χ4n) is 0.922. The molecule has 0 amide bonds. The number of halogens is 2. The summed E-state index contributed by atoms with van der Waals surface area (Å²) < 4.78 is 13.5. The van der Waals surface area contributed by atoms with Gasteiger partial charge in [0.15, 0.2) is 0 Å². The molecule has 0 nitrogen and oxygen atoms in total. The van der Waals surface area contributed by atoms with E-state index in [-0.39, 0.29) is 5.83 Å². The topological polar surface area (TPSA) is 0 Å². The molecule has 0 spiro atoms. The van der Waals surface area contributed by atoms with Crippen molar-refractivity contribution in [3.63, 3.8) is 0 Å². The summed E-state index contributed by atoms with van der Waals surface area (Å²) in [5.74, 6) is -0.125. The zero-order valence-corrected chi connectivity index (χ0v) is 9.40. The highest BCUT2D eigenvalue weighted by Gasteiger charge is 2.16. The van der Waals surface area contributed by atoms with E-state index in [9.17, 15) is 4.39 Å². The summed E-state index contributed by atoms with van der Waals surface area (Å²) in [4.78, 5) is 0.